The molecule has 26 heavy (non-hydrogen) atoms. The highest BCUT2D eigenvalue weighted by Crippen LogP contribution is 2.34. The molecule has 1 aromatic carbocycles. The van der Waals surface area contributed by atoms with Gasteiger partial charge in [0.15, 0.2) is 5.13 Å². The standard InChI is InChI=1S/C17H20F3N3O2S/c1-25-9-6-15(24)23-7-4-12(5-8-23)21-16-22-13-10-11(17(18,19)20)2-3-14(13)26-16/h2-3,10,12H,4-9H2,1H3,(H,21,22). The first kappa shape index (κ1) is 18.9. The minimum absolute atomic E-state index is 0.0879. The zero-order chi connectivity index (χ0) is 18.7. The van der Waals surface area contributed by atoms with E-state index in [1.54, 1.807) is 7.11 Å². The topological polar surface area (TPSA) is 54.5 Å². The van der Waals surface area contributed by atoms with Gasteiger partial charge >= 0.3 is 6.18 Å². The summed E-state index contributed by atoms with van der Waals surface area (Å²) in [6.45, 7) is 1.73. The van der Waals surface area contributed by atoms with Crippen LogP contribution < -0.4 is 5.32 Å². The number of methoxy groups -OCH3 is 1. The van der Waals surface area contributed by atoms with Gasteiger partial charge in [0.25, 0.3) is 0 Å². The van der Waals surface area contributed by atoms with Crippen LogP contribution in [0.15, 0.2) is 18.2 Å². The molecule has 2 aromatic rings. The van der Waals surface area contributed by atoms with Crippen LogP contribution in [0.3, 0.4) is 0 Å². The molecule has 0 spiro atoms. The molecule has 1 aromatic heterocycles. The fraction of sp³-hybridized carbons (Fsp3) is 0.529. The van der Waals surface area contributed by atoms with Gasteiger partial charge in [0.1, 0.15) is 0 Å². The third-order valence-corrected chi connectivity index (χ3v) is 5.38. The van der Waals surface area contributed by atoms with Gasteiger partial charge in [-0.25, -0.2) is 4.98 Å². The van der Waals surface area contributed by atoms with E-state index in [1.807, 2.05) is 4.90 Å². The van der Waals surface area contributed by atoms with E-state index in [9.17, 15) is 18.0 Å². The van der Waals surface area contributed by atoms with Gasteiger partial charge < -0.3 is 15.0 Å². The van der Waals surface area contributed by atoms with Crippen molar-refractivity contribution in [3.05, 3.63) is 23.8 Å². The third kappa shape index (κ3) is 4.45. The van der Waals surface area contributed by atoms with E-state index >= 15 is 0 Å². The lowest BCUT2D eigenvalue weighted by molar-refractivity contribution is -0.137. The van der Waals surface area contributed by atoms with Crippen LogP contribution in [-0.4, -0.2) is 48.6 Å². The lowest BCUT2D eigenvalue weighted by atomic mass is 10.1. The predicted octanol–water partition coefficient (Wildman–Crippen LogP) is 3.75. The zero-order valence-electron chi connectivity index (χ0n) is 14.3. The number of rotatable bonds is 5. The van der Waals surface area contributed by atoms with Crippen LogP contribution in [0, 0.1) is 0 Å². The number of nitrogens with zero attached hydrogens (tertiary/aromatic N) is 2. The highest BCUT2D eigenvalue weighted by Gasteiger charge is 2.31. The summed E-state index contributed by atoms with van der Waals surface area (Å²) < 4.78 is 44.0. The number of benzene rings is 1. The molecular weight excluding hydrogens is 367 g/mol. The Kier molecular flexibility index (Phi) is 5.67. The van der Waals surface area contributed by atoms with Crippen LogP contribution in [0.1, 0.15) is 24.8 Å². The Morgan fingerprint density at radius 2 is 2.12 bits per heavy atom. The van der Waals surface area contributed by atoms with Crippen LogP contribution in [0.5, 0.6) is 0 Å². The number of carbonyl (C=O) groups excluding carboxylic acids is 1. The highest BCUT2D eigenvalue weighted by molar-refractivity contribution is 7.22. The minimum Gasteiger partial charge on any atom is -0.384 e. The number of nitrogens with one attached hydrogen (secondary N) is 1. The molecule has 5 nitrogen and oxygen atoms in total. The Bertz CT molecular complexity index is 770. The Morgan fingerprint density at radius 3 is 2.77 bits per heavy atom. The molecular formula is C17H20F3N3O2S. The summed E-state index contributed by atoms with van der Waals surface area (Å²) in [4.78, 5) is 18.1. The van der Waals surface area contributed by atoms with Gasteiger partial charge in [-0.2, -0.15) is 13.2 Å². The van der Waals surface area contributed by atoms with Crippen molar-refractivity contribution in [2.24, 2.45) is 0 Å². The van der Waals surface area contributed by atoms with E-state index in [2.05, 4.69) is 10.3 Å². The summed E-state index contributed by atoms with van der Waals surface area (Å²) in [6.07, 6.45) is -2.42. The van der Waals surface area contributed by atoms with Crippen molar-refractivity contribution in [1.29, 1.82) is 0 Å². The van der Waals surface area contributed by atoms with Gasteiger partial charge in [-0.05, 0) is 31.0 Å². The fourth-order valence-corrected chi connectivity index (χ4v) is 3.88. The zero-order valence-corrected chi connectivity index (χ0v) is 15.1. The Hall–Kier alpha value is -1.87. The van der Waals surface area contributed by atoms with Crippen molar-refractivity contribution in [3.63, 3.8) is 0 Å². The summed E-state index contributed by atoms with van der Waals surface area (Å²) in [5.41, 5.74) is -0.343. The molecule has 1 amide bonds. The third-order valence-electron chi connectivity index (χ3n) is 4.41. The number of fused-ring (bicyclic) bond motifs is 1. The number of hydrogen-bond acceptors (Lipinski definition) is 5. The van der Waals surface area contributed by atoms with E-state index in [0.29, 0.717) is 41.5 Å². The number of thiazole rings is 1. The maximum absolute atomic E-state index is 12.8. The molecule has 0 aliphatic carbocycles. The molecule has 142 valence electrons. The molecule has 0 unspecified atom stereocenters. The number of ether oxygens (including phenoxy) is 1. The van der Waals surface area contributed by atoms with Gasteiger partial charge in [-0.3, -0.25) is 4.79 Å². The monoisotopic (exact) mass is 387 g/mol. The summed E-state index contributed by atoms with van der Waals surface area (Å²) in [5.74, 6) is 0.0879. The number of hydrogen-bond donors (Lipinski definition) is 1. The smallest absolute Gasteiger partial charge is 0.384 e. The average Bonchev–Trinajstić information content (AvgIpc) is 3.01. The van der Waals surface area contributed by atoms with Crippen LogP contribution in [-0.2, 0) is 15.7 Å². The van der Waals surface area contributed by atoms with E-state index in [0.717, 1.165) is 25.0 Å². The fourth-order valence-electron chi connectivity index (χ4n) is 2.96. The molecule has 9 heteroatoms. The molecule has 0 saturated carbocycles. The second-order valence-electron chi connectivity index (χ2n) is 6.24. The summed E-state index contributed by atoms with van der Waals surface area (Å²) in [6, 6.07) is 3.77. The molecule has 1 fully saturated rings. The number of amides is 1. The van der Waals surface area contributed by atoms with Crippen LogP contribution in [0.4, 0.5) is 18.3 Å². The molecule has 1 aliphatic heterocycles. The Labute approximate surface area is 153 Å². The number of carbonyl (C=O) groups is 1. The van der Waals surface area contributed by atoms with Crippen molar-refractivity contribution in [3.8, 4) is 0 Å². The van der Waals surface area contributed by atoms with Crippen LogP contribution in [0.2, 0.25) is 0 Å². The number of likely N-dealkylation sites (tertiary alicyclic amines) is 1. The van der Waals surface area contributed by atoms with Crippen molar-refractivity contribution in [2.75, 3.05) is 32.1 Å². The maximum atomic E-state index is 12.8. The molecule has 0 bridgehead atoms. The van der Waals surface area contributed by atoms with Gasteiger partial charge in [-0.1, -0.05) is 11.3 Å². The molecule has 2 heterocycles. The van der Waals surface area contributed by atoms with Crippen LogP contribution >= 0.6 is 11.3 Å². The molecule has 3 rings (SSSR count). The lowest BCUT2D eigenvalue weighted by Gasteiger charge is -2.32. The highest BCUT2D eigenvalue weighted by atomic mass is 32.1. The SMILES string of the molecule is COCCC(=O)N1CCC(Nc2nc3cc(C(F)(F)F)ccc3s2)CC1. The van der Waals surface area contributed by atoms with Gasteiger partial charge in [0.2, 0.25) is 5.91 Å². The van der Waals surface area contributed by atoms with Gasteiger partial charge in [0.05, 0.1) is 28.8 Å². The quantitative estimate of drug-likeness (QED) is 0.849. The lowest BCUT2D eigenvalue weighted by Crippen LogP contribution is -2.42. The number of alkyl halides is 3. The number of aromatic nitrogens is 1. The van der Waals surface area contributed by atoms with Crippen molar-refractivity contribution in [1.82, 2.24) is 9.88 Å². The first-order valence-electron chi connectivity index (χ1n) is 8.38. The largest absolute Gasteiger partial charge is 0.416 e. The number of anilines is 1. The average molecular weight is 387 g/mol. The summed E-state index contributed by atoms with van der Waals surface area (Å²) in [7, 11) is 1.57. The van der Waals surface area contributed by atoms with E-state index in [1.165, 1.54) is 17.4 Å². The summed E-state index contributed by atoms with van der Waals surface area (Å²) >= 11 is 1.34. The van der Waals surface area contributed by atoms with Gasteiger partial charge in [-0.15, -0.1) is 0 Å². The second-order valence-corrected chi connectivity index (χ2v) is 7.27. The first-order chi connectivity index (χ1) is 12.4. The van der Waals surface area contributed by atoms with Crippen LogP contribution in [0.25, 0.3) is 10.2 Å². The van der Waals surface area contributed by atoms with E-state index in [-0.39, 0.29) is 11.9 Å². The van der Waals surface area contributed by atoms with Gasteiger partial charge in [0, 0.05) is 26.2 Å². The minimum atomic E-state index is -4.37. The van der Waals surface area contributed by atoms with Crippen molar-refractivity contribution >= 4 is 32.6 Å². The molecule has 1 saturated heterocycles. The predicted molar refractivity (Wildman–Crippen MR) is 94.3 cm³/mol. The Morgan fingerprint density at radius 1 is 1.38 bits per heavy atom. The molecule has 0 radical (unpaired) electrons. The molecule has 1 N–H and O–H groups in total. The Balaban J connectivity index is 1.59. The van der Waals surface area contributed by atoms with E-state index < -0.39 is 11.7 Å². The first-order valence-corrected chi connectivity index (χ1v) is 9.19. The molecule has 0 atom stereocenters. The van der Waals surface area contributed by atoms with Crippen molar-refractivity contribution in [2.45, 2.75) is 31.5 Å². The number of piperidine rings is 1. The summed E-state index contributed by atoms with van der Waals surface area (Å²) in [5, 5.41) is 3.91. The normalized spacial score (nSPS) is 16.2. The number of halogens is 3. The van der Waals surface area contributed by atoms with E-state index in [4.69, 9.17) is 4.74 Å². The molecule has 1 aliphatic rings. The maximum Gasteiger partial charge on any atom is 0.416 e. The van der Waals surface area contributed by atoms with Crippen molar-refractivity contribution < 1.29 is 22.7 Å². The second kappa shape index (κ2) is 7.79.